The lowest BCUT2D eigenvalue weighted by Gasteiger charge is -2.02. The van der Waals surface area contributed by atoms with Crippen molar-refractivity contribution in [3.8, 4) is 0 Å². The lowest BCUT2D eigenvalue weighted by molar-refractivity contribution is 0.0962. The summed E-state index contributed by atoms with van der Waals surface area (Å²) in [4.78, 5) is 11.0. The van der Waals surface area contributed by atoms with Crippen LogP contribution in [0, 0.1) is 0 Å². The van der Waals surface area contributed by atoms with Crippen molar-refractivity contribution in [3.63, 3.8) is 0 Å². The van der Waals surface area contributed by atoms with E-state index in [-0.39, 0.29) is 17.0 Å². The number of carbonyl (C=O) groups is 1. The van der Waals surface area contributed by atoms with Crippen LogP contribution in [0.15, 0.2) is 24.3 Å². The van der Waals surface area contributed by atoms with E-state index in [9.17, 15) is 18.0 Å². The zero-order valence-electron chi connectivity index (χ0n) is 11.1. The summed E-state index contributed by atoms with van der Waals surface area (Å²) in [5, 5.41) is 2.36. The van der Waals surface area contributed by atoms with Crippen LogP contribution in [0.25, 0.3) is 0 Å². The van der Waals surface area contributed by atoms with Crippen molar-refractivity contribution >= 4 is 5.91 Å². The number of rotatable bonds is 2. The molecule has 0 aliphatic rings. The minimum Gasteiger partial charge on any atom is -0.355 e. The summed E-state index contributed by atoms with van der Waals surface area (Å²) >= 11 is 0. The van der Waals surface area contributed by atoms with Gasteiger partial charge in [0.25, 0.3) is 12.3 Å². The van der Waals surface area contributed by atoms with Gasteiger partial charge in [0.15, 0.2) is 0 Å². The van der Waals surface area contributed by atoms with E-state index in [1.54, 1.807) is 0 Å². The van der Waals surface area contributed by atoms with Crippen molar-refractivity contribution in [1.82, 2.24) is 5.32 Å². The largest absolute Gasteiger partial charge is 0.355 e. The summed E-state index contributed by atoms with van der Waals surface area (Å²) < 4.78 is 33.9. The van der Waals surface area contributed by atoms with E-state index in [1.165, 1.54) is 37.7 Å². The Morgan fingerprint density at radius 1 is 1.28 bits per heavy atom. The number of hydrogen-bond acceptors (Lipinski definition) is 1. The van der Waals surface area contributed by atoms with Gasteiger partial charge in [-0.3, -0.25) is 9.18 Å². The maximum atomic E-state index is 12.2. The molecule has 0 radical (unpaired) electrons. The fourth-order valence-electron chi connectivity index (χ4n) is 0.960. The summed E-state index contributed by atoms with van der Waals surface area (Å²) in [6.45, 7) is 4.25. The van der Waals surface area contributed by atoms with Crippen molar-refractivity contribution in [3.05, 3.63) is 35.4 Å². The highest BCUT2D eigenvalue weighted by atomic mass is 19.3. The molecule has 0 aromatic heterocycles. The normalized spacial score (nSPS) is 8.67. The van der Waals surface area contributed by atoms with Gasteiger partial charge in [-0.2, -0.15) is 0 Å². The Labute approximate surface area is 106 Å². The maximum Gasteiger partial charge on any atom is 0.263 e. The maximum absolute atomic E-state index is 12.2. The van der Waals surface area contributed by atoms with Gasteiger partial charge >= 0.3 is 0 Å². The highest BCUT2D eigenvalue weighted by Gasteiger charge is 2.09. The zero-order chi connectivity index (χ0) is 14.6. The predicted molar refractivity (Wildman–Crippen MR) is 67.8 cm³/mol. The first-order valence-electron chi connectivity index (χ1n) is 5.54. The van der Waals surface area contributed by atoms with Crippen LogP contribution in [-0.2, 0) is 0 Å². The van der Waals surface area contributed by atoms with Crippen LogP contribution in [0.2, 0.25) is 0 Å². The lowest BCUT2D eigenvalue weighted by Crippen LogP contribution is -2.17. The Balaban J connectivity index is 0. The molecule has 0 atom stereocenters. The molecule has 0 bridgehead atoms. The number of carbonyl (C=O) groups excluding carboxylic acids is 1. The summed E-state index contributed by atoms with van der Waals surface area (Å²) in [6.07, 6.45) is -1.29. The Morgan fingerprint density at radius 3 is 2.17 bits per heavy atom. The fourth-order valence-corrected chi connectivity index (χ4v) is 0.960. The highest BCUT2D eigenvalue weighted by molar-refractivity contribution is 5.94. The standard InChI is InChI=1S/C9H9F2NO.C3H8.CH3F/c1-12-9(13)7-4-2-3-6(5-7)8(10)11;1-3-2;1-2/h2-5,8H,1H3,(H,12,13);3H2,1-2H3;1H3. The Morgan fingerprint density at radius 2 is 1.78 bits per heavy atom. The van der Waals surface area contributed by atoms with Gasteiger partial charge in [0.05, 0.1) is 7.18 Å². The van der Waals surface area contributed by atoms with Gasteiger partial charge in [0.1, 0.15) is 0 Å². The molecule has 0 saturated heterocycles. The number of halogens is 3. The predicted octanol–water partition coefficient (Wildman–Crippen LogP) is 3.99. The van der Waals surface area contributed by atoms with Gasteiger partial charge in [-0.15, -0.1) is 0 Å². The summed E-state index contributed by atoms with van der Waals surface area (Å²) in [5.41, 5.74) is 0.112. The topological polar surface area (TPSA) is 29.1 Å². The molecule has 0 unspecified atom stereocenters. The minimum absolute atomic E-state index is 0.138. The van der Waals surface area contributed by atoms with E-state index in [2.05, 4.69) is 19.2 Å². The number of benzene rings is 1. The summed E-state index contributed by atoms with van der Waals surface area (Å²) in [6, 6.07) is 5.40. The average Bonchev–Trinajstić information content (AvgIpc) is 2.41. The molecule has 2 nitrogen and oxygen atoms in total. The molecule has 18 heavy (non-hydrogen) atoms. The molecule has 0 heterocycles. The van der Waals surface area contributed by atoms with Crippen LogP contribution >= 0.6 is 0 Å². The smallest absolute Gasteiger partial charge is 0.263 e. The van der Waals surface area contributed by atoms with Crippen molar-refractivity contribution in [1.29, 1.82) is 0 Å². The van der Waals surface area contributed by atoms with E-state index in [0.29, 0.717) is 7.18 Å². The van der Waals surface area contributed by atoms with Crippen molar-refractivity contribution in [2.24, 2.45) is 0 Å². The Hall–Kier alpha value is -1.52. The van der Waals surface area contributed by atoms with E-state index in [1.807, 2.05) is 0 Å². The van der Waals surface area contributed by atoms with Crippen LogP contribution in [0.5, 0.6) is 0 Å². The Kier molecular flexibility index (Phi) is 12.5. The third kappa shape index (κ3) is 7.70. The second kappa shape index (κ2) is 12.0. The van der Waals surface area contributed by atoms with Crippen LogP contribution in [-0.4, -0.2) is 20.1 Å². The van der Waals surface area contributed by atoms with Crippen LogP contribution < -0.4 is 5.32 Å². The van der Waals surface area contributed by atoms with Crippen molar-refractivity contribution in [2.45, 2.75) is 26.7 Å². The molecule has 1 aromatic carbocycles. The molecule has 104 valence electrons. The third-order valence-corrected chi connectivity index (χ3v) is 1.63. The number of alkyl halides is 3. The molecule has 0 spiro atoms. The first-order chi connectivity index (χ1) is 8.56. The zero-order valence-corrected chi connectivity index (χ0v) is 11.1. The third-order valence-electron chi connectivity index (χ3n) is 1.63. The molecule has 0 saturated carbocycles. The quantitative estimate of drug-likeness (QED) is 0.859. The SMILES string of the molecule is CCC.CF.CNC(=O)c1cccc(C(F)F)c1. The van der Waals surface area contributed by atoms with Crippen LogP contribution in [0.3, 0.4) is 0 Å². The van der Waals surface area contributed by atoms with Gasteiger partial charge in [-0.05, 0) is 12.1 Å². The van der Waals surface area contributed by atoms with E-state index in [4.69, 9.17) is 0 Å². The molecule has 0 aliphatic heterocycles. The van der Waals surface area contributed by atoms with Crippen molar-refractivity contribution < 1.29 is 18.0 Å². The molecule has 0 fully saturated rings. The monoisotopic (exact) mass is 263 g/mol. The van der Waals surface area contributed by atoms with E-state index < -0.39 is 6.43 Å². The fraction of sp³-hybridized carbons (Fsp3) is 0.462. The first-order valence-corrected chi connectivity index (χ1v) is 5.54. The van der Waals surface area contributed by atoms with E-state index >= 15 is 0 Å². The average molecular weight is 263 g/mol. The second-order valence-corrected chi connectivity index (χ2v) is 3.21. The Bertz CT molecular complexity index is 330. The molecule has 1 N–H and O–H groups in total. The molecule has 1 amide bonds. The molecule has 1 rings (SSSR count). The molecular formula is C13H20F3NO. The molecule has 0 aliphatic carbocycles. The van der Waals surface area contributed by atoms with Crippen molar-refractivity contribution in [2.75, 3.05) is 14.2 Å². The van der Waals surface area contributed by atoms with Gasteiger partial charge in [0.2, 0.25) is 0 Å². The van der Waals surface area contributed by atoms with Gasteiger partial charge in [-0.25, -0.2) is 8.78 Å². The number of amides is 1. The molecular weight excluding hydrogens is 243 g/mol. The number of nitrogens with one attached hydrogen (secondary N) is 1. The molecule has 1 aromatic rings. The summed E-state index contributed by atoms with van der Waals surface area (Å²) in [7, 11) is 1.96. The lowest BCUT2D eigenvalue weighted by atomic mass is 10.1. The number of hydrogen-bond donors (Lipinski definition) is 1. The first kappa shape index (κ1) is 18.8. The van der Waals surface area contributed by atoms with Gasteiger partial charge in [-0.1, -0.05) is 32.4 Å². The highest BCUT2D eigenvalue weighted by Crippen LogP contribution is 2.19. The second-order valence-electron chi connectivity index (χ2n) is 3.21. The summed E-state index contributed by atoms with van der Waals surface area (Å²) in [5.74, 6) is -0.359. The van der Waals surface area contributed by atoms with Crippen LogP contribution in [0.1, 0.15) is 42.6 Å². The van der Waals surface area contributed by atoms with Crippen LogP contribution in [0.4, 0.5) is 13.2 Å². The van der Waals surface area contributed by atoms with E-state index in [0.717, 1.165) is 0 Å². The molecule has 5 heteroatoms. The van der Waals surface area contributed by atoms with Gasteiger partial charge < -0.3 is 5.32 Å². The van der Waals surface area contributed by atoms with Gasteiger partial charge in [0, 0.05) is 18.2 Å². The minimum atomic E-state index is -2.54.